The van der Waals surface area contributed by atoms with Gasteiger partial charge < -0.3 is 0 Å². The van der Waals surface area contributed by atoms with Gasteiger partial charge in [0.1, 0.15) is 5.78 Å². The van der Waals surface area contributed by atoms with Crippen molar-refractivity contribution in [2.45, 2.75) is 39.0 Å². The van der Waals surface area contributed by atoms with Crippen LogP contribution >= 0.6 is 0 Å². The summed E-state index contributed by atoms with van der Waals surface area (Å²) in [4.78, 5) is 12.8. The van der Waals surface area contributed by atoms with Gasteiger partial charge in [-0.2, -0.15) is 0 Å². The molecule has 1 saturated carbocycles. The molecule has 2 bridgehead atoms. The highest BCUT2D eigenvalue weighted by atomic mass is 16.1. The lowest BCUT2D eigenvalue weighted by Crippen LogP contribution is -2.42. The van der Waals surface area contributed by atoms with E-state index in [9.17, 15) is 4.79 Å². The van der Waals surface area contributed by atoms with E-state index in [2.05, 4.69) is 37.3 Å². The molecule has 0 N–H and O–H groups in total. The van der Waals surface area contributed by atoms with E-state index in [0.717, 1.165) is 19.3 Å². The van der Waals surface area contributed by atoms with Gasteiger partial charge in [0.15, 0.2) is 0 Å². The third-order valence-corrected chi connectivity index (χ3v) is 5.66. The topological polar surface area (TPSA) is 17.1 Å². The number of hydrogen-bond acceptors (Lipinski definition) is 1. The lowest BCUT2D eigenvalue weighted by atomic mass is 9.63. The summed E-state index contributed by atoms with van der Waals surface area (Å²) in [7, 11) is 0. The van der Waals surface area contributed by atoms with Crippen LogP contribution in [0.5, 0.6) is 0 Å². The van der Waals surface area contributed by atoms with Crippen LogP contribution in [0, 0.1) is 17.3 Å². The lowest BCUT2D eigenvalue weighted by molar-refractivity contribution is -0.130. The van der Waals surface area contributed by atoms with Crippen molar-refractivity contribution in [1.82, 2.24) is 0 Å². The highest BCUT2D eigenvalue weighted by molar-refractivity contribution is 5.90. The lowest BCUT2D eigenvalue weighted by Gasteiger charge is -2.39. The number of benzene rings is 1. The number of fused-ring (bicyclic) bond motifs is 4. The zero-order valence-corrected chi connectivity index (χ0v) is 11.5. The molecule has 1 aromatic rings. The van der Waals surface area contributed by atoms with Gasteiger partial charge in [-0.3, -0.25) is 4.79 Å². The average Bonchev–Trinajstić information content (AvgIpc) is 3.00. The molecule has 3 aliphatic rings. The van der Waals surface area contributed by atoms with Gasteiger partial charge in [-0.1, -0.05) is 37.3 Å². The predicted molar refractivity (Wildman–Crippen MR) is 76.0 cm³/mol. The molecule has 1 spiro atoms. The third-order valence-electron chi connectivity index (χ3n) is 5.66. The minimum atomic E-state index is -0.0429. The first-order chi connectivity index (χ1) is 9.23. The molecular formula is C18H20O. The highest BCUT2D eigenvalue weighted by Gasteiger charge is 2.54. The van der Waals surface area contributed by atoms with Gasteiger partial charge in [0.25, 0.3) is 0 Å². The molecule has 19 heavy (non-hydrogen) atoms. The molecule has 0 aromatic heterocycles. The van der Waals surface area contributed by atoms with Gasteiger partial charge in [0.2, 0.25) is 0 Å². The zero-order valence-electron chi connectivity index (χ0n) is 11.5. The number of carbonyl (C=O) groups is 1. The summed E-state index contributed by atoms with van der Waals surface area (Å²) in [6, 6.07) is 6.60. The zero-order chi connectivity index (χ0) is 13.0. The quantitative estimate of drug-likeness (QED) is 0.699. The highest BCUT2D eigenvalue weighted by Crippen LogP contribution is 2.56. The molecule has 1 heteroatoms. The molecule has 0 heterocycles. The van der Waals surface area contributed by atoms with Crippen molar-refractivity contribution < 1.29 is 4.79 Å². The fraction of sp³-hybridized carbons (Fsp3) is 0.500. The second-order valence-corrected chi connectivity index (χ2v) is 6.53. The van der Waals surface area contributed by atoms with Crippen LogP contribution in [0.4, 0.5) is 0 Å². The van der Waals surface area contributed by atoms with Crippen LogP contribution in [0.1, 0.15) is 36.5 Å². The van der Waals surface area contributed by atoms with Crippen LogP contribution in [-0.2, 0) is 24.1 Å². The number of hydrogen-bond donors (Lipinski definition) is 0. The predicted octanol–water partition coefficient (Wildman–Crippen LogP) is 3.50. The van der Waals surface area contributed by atoms with E-state index >= 15 is 0 Å². The molecule has 3 atom stereocenters. The molecule has 0 saturated heterocycles. The molecule has 4 rings (SSSR count). The van der Waals surface area contributed by atoms with Gasteiger partial charge in [-0.15, -0.1) is 0 Å². The Morgan fingerprint density at radius 3 is 2.89 bits per heavy atom. The standard InChI is InChI=1S/C18H20O/c1-2-13-4-3-5-14-11-18(17(19)9-16(13)14)10-12-6-7-15(18)8-12/h3-7,12,15H,2,8-11H2,1H3. The van der Waals surface area contributed by atoms with E-state index in [-0.39, 0.29) is 5.41 Å². The van der Waals surface area contributed by atoms with E-state index < -0.39 is 0 Å². The molecule has 1 aromatic carbocycles. The van der Waals surface area contributed by atoms with Crippen molar-refractivity contribution in [1.29, 1.82) is 0 Å². The van der Waals surface area contributed by atoms with Crippen LogP contribution in [-0.4, -0.2) is 5.78 Å². The second kappa shape index (κ2) is 3.82. The minimum Gasteiger partial charge on any atom is -0.299 e. The van der Waals surface area contributed by atoms with E-state index in [1.165, 1.54) is 23.1 Å². The molecule has 98 valence electrons. The van der Waals surface area contributed by atoms with E-state index in [4.69, 9.17) is 0 Å². The summed E-state index contributed by atoms with van der Waals surface area (Å²) < 4.78 is 0. The molecule has 0 amide bonds. The normalized spacial score (nSPS) is 35.1. The molecule has 0 aliphatic heterocycles. The number of allylic oxidation sites excluding steroid dienone is 2. The second-order valence-electron chi connectivity index (χ2n) is 6.53. The first-order valence-corrected chi connectivity index (χ1v) is 7.54. The van der Waals surface area contributed by atoms with Gasteiger partial charge in [-0.25, -0.2) is 0 Å². The van der Waals surface area contributed by atoms with E-state index in [0.29, 0.717) is 24.0 Å². The summed E-state index contributed by atoms with van der Waals surface area (Å²) in [5, 5.41) is 0. The smallest absolute Gasteiger partial charge is 0.144 e. The van der Waals surface area contributed by atoms with Gasteiger partial charge >= 0.3 is 0 Å². The number of rotatable bonds is 1. The van der Waals surface area contributed by atoms with Crippen molar-refractivity contribution in [2.75, 3.05) is 0 Å². The minimum absolute atomic E-state index is 0.0429. The maximum Gasteiger partial charge on any atom is 0.144 e. The Bertz CT molecular complexity index is 583. The van der Waals surface area contributed by atoms with E-state index in [1.807, 2.05) is 0 Å². The number of Topliss-reactive ketones (excluding diaryl/α,β-unsaturated/α-hetero) is 1. The summed E-state index contributed by atoms with van der Waals surface area (Å²) in [6.45, 7) is 2.19. The fourth-order valence-electron chi connectivity index (χ4n) is 4.67. The van der Waals surface area contributed by atoms with Crippen LogP contribution in [0.15, 0.2) is 30.4 Å². The molecular weight excluding hydrogens is 232 g/mol. The Balaban J connectivity index is 1.80. The van der Waals surface area contributed by atoms with Gasteiger partial charge in [-0.05, 0) is 54.2 Å². The first kappa shape index (κ1) is 11.5. The van der Waals surface area contributed by atoms with Crippen molar-refractivity contribution in [3.8, 4) is 0 Å². The molecule has 1 nitrogen and oxygen atoms in total. The summed E-state index contributed by atoms with van der Waals surface area (Å²) in [5.74, 6) is 1.70. The van der Waals surface area contributed by atoms with Gasteiger partial charge in [0, 0.05) is 11.8 Å². The third kappa shape index (κ3) is 1.45. The first-order valence-electron chi connectivity index (χ1n) is 7.54. The maximum atomic E-state index is 12.8. The van der Waals surface area contributed by atoms with Crippen LogP contribution in [0.3, 0.4) is 0 Å². The summed E-state index contributed by atoms with van der Waals surface area (Å²) in [5.41, 5.74) is 4.12. The maximum absolute atomic E-state index is 12.8. The Morgan fingerprint density at radius 1 is 1.32 bits per heavy atom. The van der Waals surface area contributed by atoms with Gasteiger partial charge in [0.05, 0.1) is 0 Å². The van der Waals surface area contributed by atoms with Crippen LogP contribution in [0.2, 0.25) is 0 Å². The van der Waals surface area contributed by atoms with Crippen molar-refractivity contribution in [3.05, 3.63) is 47.0 Å². The van der Waals surface area contributed by atoms with Crippen molar-refractivity contribution >= 4 is 5.78 Å². The van der Waals surface area contributed by atoms with Crippen LogP contribution < -0.4 is 0 Å². The monoisotopic (exact) mass is 252 g/mol. The molecule has 1 fully saturated rings. The molecule has 3 unspecified atom stereocenters. The Kier molecular flexibility index (Phi) is 2.30. The molecule has 0 radical (unpaired) electrons. The summed E-state index contributed by atoms with van der Waals surface area (Å²) >= 11 is 0. The van der Waals surface area contributed by atoms with E-state index in [1.54, 1.807) is 0 Å². The average molecular weight is 252 g/mol. The van der Waals surface area contributed by atoms with Crippen molar-refractivity contribution in [3.63, 3.8) is 0 Å². The SMILES string of the molecule is CCc1cccc2c1CC(=O)C1(C2)CC2C=CC1C2. The molecule has 3 aliphatic carbocycles. The Hall–Kier alpha value is -1.37. The van der Waals surface area contributed by atoms with Crippen LogP contribution in [0.25, 0.3) is 0 Å². The number of carbonyl (C=O) groups excluding carboxylic acids is 1. The van der Waals surface area contributed by atoms with Crippen molar-refractivity contribution in [2.24, 2.45) is 17.3 Å². The fourth-order valence-corrected chi connectivity index (χ4v) is 4.67. The number of ketones is 1. The summed E-state index contributed by atoms with van der Waals surface area (Å²) in [6.07, 6.45) is 9.67. The Morgan fingerprint density at radius 2 is 2.21 bits per heavy atom. The number of aryl methyl sites for hydroxylation is 1. The Labute approximate surface area is 114 Å². The largest absolute Gasteiger partial charge is 0.299 e.